The van der Waals surface area contributed by atoms with E-state index in [4.69, 9.17) is 9.47 Å². The van der Waals surface area contributed by atoms with Gasteiger partial charge in [-0.3, -0.25) is 0 Å². The molecule has 2 aliphatic rings. The predicted molar refractivity (Wildman–Crippen MR) is 125 cm³/mol. The molecule has 180 valence electrons. The van der Waals surface area contributed by atoms with Crippen LogP contribution >= 0.6 is 0 Å². The van der Waals surface area contributed by atoms with Crippen molar-refractivity contribution >= 4 is 18.3 Å². The first-order chi connectivity index (χ1) is 16.4. The molecule has 0 aromatic heterocycles. The highest BCUT2D eigenvalue weighted by Crippen LogP contribution is 2.22. The summed E-state index contributed by atoms with van der Waals surface area (Å²) in [6.45, 7) is 5.47. The molecule has 2 aromatic rings. The van der Waals surface area contributed by atoms with Gasteiger partial charge in [0.1, 0.15) is 0 Å². The summed E-state index contributed by atoms with van der Waals surface area (Å²) in [6.07, 6.45) is -2.98. The number of amides is 2. The van der Waals surface area contributed by atoms with Crippen LogP contribution in [0, 0.1) is 0 Å². The Morgan fingerprint density at radius 2 is 1.09 bits per heavy atom. The van der Waals surface area contributed by atoms with Crippen LogP contribution in [0.5, 0.6) is 0 Å². The number of benzene rings is 2. The van der Waals surface area contributed by atoms with E-state index < -0.39 is 18.3 Å². The zero-order valence-electron chi connectivity index (χ0n) is 19.3. The van der Waals surface area contributed by atoms with E-state index in [2.05, 4.69) is 10.6 Å². The third-order valence-corrected chi connectivity index (χ3v) is 6.36. The molecule has 0 unspecified atom stereocenters. The normalized spacial score (nSPS) is 24.9. The maximum absolute atomic E-state index is 12.7. The molecule has 2 aliphatic heterocycles. The molecule has 0 bridgehead atoms. The zero-order valence-corrected chi connectivity index (χ0v) is 19.3. The summed E-state index contributed by atoms with van der Waals surface area (Å²) < 4.78 is 9.78. The SMILES string of the molecule is C[C@@H]1CN[C@@H](c2ccccc2)CN1C(=O)OC(=O)OC(=O)N1C[C@H](c2ccccc2)NC[C@H]1C. The van der Waals surface area contributed by atoms with Gasteiger partial charge in [-0.05, 0) is 25.0 Å². The number of carbonyl (C=O) groups is 3. The summed E-state index contributed by atoms with van der Waals surface area (Å²) >= 11 is 0. The van der Waals surface area contributed by atoms with E-state index in [-0.39, 0.29) is 24.2 Å². The standard InChI is InChI=1S/C25H30N4O5/c1-17-13-26-21(19-9-5-3-6-10-19)15-28(17)23(30)33-25(32)34-24(31)29-16-22(27-14-18(29)2)20-11-7-4-8-12-20/h3-12,17-18,21-22,26-27H,13-16H2,1-2H3/t17-,18-,21-,22-/m1/s1. The van der Waals surface area contributed by atoms with Crippen molar-refractivity contribution in [3.8, 4) is 0 Å². The van der Waals surface area contributed by atoms with Gasteiger partial charge in [0.2, 0.25) is 0 Å². The van der Waals surface area contributed by atoms with Crippen molar-refractivity contribution in [3.05, 3.63) is 71.8 Å². The van der Waals surface area contributed by atoms with Crippen molar-refractivity contribution in [2.75, 3.05) is 26.2 Å². The van der Waals surface area contributed by atoms with Crippen molar-refractivity contribution in [3.63, 3.8) is 0 Å². The van der Waals surface area contributed by atoms with E-state index in [1.807, 2.05) is 74.5 Å². The van der Waals surface area contributed by atoms with Crippen LogP contribution in [0.1, 0.15) is 37.1 Å². The molecule has 2 N–H and O–H groups in total. The van der Waals surface area contributed by atoms with Crippen LogP contribution in [-0.4, -0.2) is 66.4 Å². The molecular weight excluding hydrogens is 436 g/mol. The van der Waals surface area contributed by atoms with Crippen LogP contribution in [-0.2, 0) is 9.47 Å². The lowest BCUT2D eigenvalue weighted by molar-refractivity contribution is 0.0440. The maximum Gasteiger partial charge on any atom is 0.526 e. The van der Waals surface area contributed by atoms with Crippen LogP contribution in [0.2, 0.25) is 0 Å². The van der Waals surface area contributed by atoms with Crippen LogP contribution in [0.3, 0.4) is 0 Å². The van der Waals surface area contributed by atoms with Crippen LogP contribution in [0.25, 0.3) is 0 Å². The number of rotatable bonds is 2. The highest BCUT2D eigenvalue weighted by Gasteiger charge is 2.35. The highest BCUT2D eigenvalue weighted by atomic mass is 16.8. The van der Waals surface area contributed by atoms with E-state index >= 15 is 0 Å². The van der Waals surface area contributed by atoms with Gasteiger partial charge in [0.05, 0.1) is 12.1 Å². The smallest absolute Gasteiger partial charge is 0.343 e. The maximum atomic E-state index is 12.7. The third kappa shape index (κ3) is 5.55. The van der Waals surface area contributed by atoms with Gasteiger partial charge in [0, 0.05) is 38.3 Å². The minimum absolute atomic E-state index is 0.0841. The molecule has 9 nitrogen and oxygen atoms in total. The van der Waals surface area contributed by atoms with Gasteiger partial charge < -0.3 is 29.9 Å². The van der Waals surface area contributed by atoms with Crippen molar-refractivity contribution in [2.45, 2.75) is 38.0 Å². The Morgan fingerprint density at radius 3 is 1.47 bits per heavy atom. The van der Waals surface area contributed by atoms with Crippen molar-refractivity contribution < 1.29 is 23.9 Å². The molecule has 9 heteroatoms. The number of nitrogens with one attached hydrogen (secondary N) is 2. The lowest BCUT2D eigenvalue weighted by atomic mass is 10.0. The summed E-state index contributed by atoms with van der Waals surface area (Å²) in [5.74, 6) is 0. The van der Waals surface area contributed by atoms with Crippen LogP contribution in [0.4, 0.5) is 14.4 Å². The molecule has 0 radical (unpaired) electrons. The molecule has 2 fully saturated rings. The van der Waals surface area contributed by atoms with Crippen molar-refractivity contribution in [1.82, 2.24) is 20.4 Å². The number of hydrogen-bond donors (Lipinski definition) is 2. The van der Waals surface area contributed by atoms with Gasteiger partial charge in [-0.2, -0.15) is 0 Å². The second-order valence-electron chi connectivity index (χ2n) is 8.73. The molecule has 2 saturated heterocycles. The van der Waals surface area contributed by atoms with Gasteiger partial charge in [0.25, 0.3) is 0 Å². The van der Waals surface area contributed by atoms with Gasteiger partial charge >= 0.3 is 18.3 Å². The lowest BCUT2D eigenvalue weighted by Crippen LogP contribution is -2.55. The van der Waals surface area contributed by atoms with E-state index in [9.17, 15) is 14.4 Å². The molecule has 0 aliphatic carbocycles. The molecular formula is C25H30N4O5. The summed E-state index contributed by atoms with van der Waals surface area (Å²) in [6, 6.07) is 18.9. The monoisotopic (exact) mass is 466 g/mol. The van der Waals surface area contributed by atoms with Crippen LogP contribution in [0.15, 0.2) is 60.7 Å². The van der Waals surface area contributed by atoms with Gasteiger partial charge in [-0.1, -0.05) is 60.7 Å². The Bertz CT molecular complexity index is 923. The number of ether oxygens (including phenoxy) is 2. The Morgan fingerprint density at radius 1 is 0.706 bits per heavy atom. The fourth-order valence-electron chi connectivity index (χ4n) is 4.34. The highest BCUT2D eigenvalue weighted by molar-refractivity contribution is 5.87. The van der Waals surface area contributed by atoms with Crippen LogP contribution < -0.4 is 10.6 Å². The van der Waals surface area contributed by atoms with E-state index in [1.165, 1.54) is 9.80 Å². The minimum Gasteiger partial charge on any atom is -0.343 e. The van der Waals surface area contributed by atoms with E-state index in [0.29, 0.717) is 26.2 Å². The molecule has 2 amide bonds. The van der Waals surface area contributed by atoms with Gasteiger partial charge in [-0.25, -0.2) is 14.4 Å². The van der Waals surface area contributed by atoms with E-state index in [0.717, 1.165) is 11.1 Å². The number of nitrogens with zero attached hydrogens (tertiary/aromatic N) is 2. The van der Waals surface area contributed by atoms with Gasteiger partial charge in [0.15, 0.2) is 0 Å². The molecule has 4 rings (SSSR count). The van der Waals surface area contributed by atoms with E-state index in [1.54, 1.807) is 0 Å². The minimum atomic E-state index is -1.32. The quantitative estimate of drug-likeness (QED) is 0.517. The Balaban J connectivity index is 1.33. The number of piperazine rings is 2. The average Bonchev–Trinajstić information content (AvgIpc) is 2.85. The summed E-state index contributed by atoms with van der Waals surface area (Å²) in [5.41, 5.74) is 2.07. The molecule has 0 spiro atoms. The molecule has 0 saturated carbocycles. The predicted octanol–water partition coefficient (Wildman–Crippen LogP) is 3.45. The summed E-state index contributed by atoms with van der Waals surface area (Å²) in [4.78, 5) is 40.6. The topological polar surface area (TPSA) is 100 Å². The largest absolute Gasteiger partial charge is 0.526 e. The first-order valence-electron chi connectivity index (χ1n) is 11.5. The first kappa shape index (κ1) is 23.7. The summed E-state index contributed by atoms with van der Waals surface area (Å²) in [5, 5.41) is 6.78. The fourth-order valence-corrected chi connectivity index (χ4v) is 4.34. The second kappa shape index (κ2) is 10.7. The third-order valence-electron chi connectivity index (χ3n) is 6.36. The Hall–Kier alpha value is -3.43. The fraction of sp³-hybridized carbons (Fsp3) is 0.400. The number of hydrogen-bond acceptors (Lipinski definition) is 7. The number of carbonyl (C=O) groups excluding carboxylic acids is 3. The van der Waals surface area contributed by atoms with Crippen molar-refractivity contribution in [1.29, 1.82) is 0 Å². The summed E-state index contributed by atoms with van der Waals surface area (Å²) in [7, 11) is 0. The molecule has 34 heavy (non-hydrogen) atoms. The zero-order chi connectivity index (χ0) is 24.1. The first-order valence-corrected chi connectivity index (χ1v) is 11.5. The Kier molecular flexibility index (Phi) is 7.44. The Labute approximate surface area is 199 Å². The van der Waals surface area contributed by atoms with Crippen molar-refractivity contribution in [2.24, 2.45) is 0 Å². The molecule has 2 heterocycles. The molecule has 2 aromatic carbocycles. The molecule has 4 atom stereocenters. The second-order valence-corrected chi connectivity index (χ2v) is 8.73. The van der Waals surface area contributed by atoms with Gasteiger partial charge in [-0.15, -0.1) is 0 Å². The average molecular weight is 467 g/mol. The lowest BCUT2D eigenvalue weighted by Gasteiger charge is -2.38.